The summed E-state index contributed by atoms with van der Waals surface area (Å²) in [6, 6.07) is 12.2. The van der Waals surface area contributed by atoms with E-state index in [9.17, 15) is 23.1 Å². The van der Waals surface area contributed by atoms with Crippen LogP contribution in [0.2, 0.25) is 0 Å². The Morgan fingerprint density at radius 2 is 1.52 bits per heavy atom. The van der Waals surface area contributed by atoms with Crippen molar-refractivity contribution in [2.45, 2.75) is 31.3 Å². The van der Waals surface area contributed by atoms with Crippen molar-refractivity contribution in [2.75, 3.05) is 0 Å². The van der Waals surface area contributed by atoms with Crippen molar-refractivity contribution in [3.63, 3.8) is 0 Å². The quantitative estimate of drug-likeness (QED) is 0.715. The fourth-order valence-electron chi connectivity index (χ4n) is 2.74. The minimum absolute atomic E-state index is 0.0535. The largest absolute Gasteiger partial charge is 0.480 e. The third-order valence-corrected chi connectivity index (χ3v) is 5.93. The summed E-state index contributed by atoms with van der Waals surface area (Å²) < 4.78 is 27.3. The van der Waals surface area contributed by atoms with Crippen molar-refractivity contribution in [3.05, 3.63) is 65.7 Å². The second-order valence-corrected chi connectivity index (χ2v) is 8.28. The Morgan fingerprint density at radius 1 is 0.963 bits per heavy atom. The van der Waals surface area contributed by atoms with Crippen LogP contribution in [0.1, 0.15) is 29.8 Å². The molecule has 0 amide bonds. The lowest BCUT2D eigenvalue weighted by Gasteiger charge is -2.30. The standard InChI is InChI=1S/C19H21NO6S/c1-13(2)17(19(23)24)20(12-14-6-4-3-5-7-14)27(25,26)16-10-8-15(9-11-16)18(21)22/h3-11,13,17H,12H2,1-2H3,(H,21,22)(H,23,24)/t17-/m0/s1. The number of hydrogen-bond donors (Lipinski definition) is 2. The van der Waals surface area contributed by atoms with Gasteiger partial charge in [-0.3, -0.25) is 4.79 Å². The molecule has 2 aromatic rings. The summed E-state index contributed by atoms with van der Waals surface area (Å²) in [5.41, 5.74) is 0.595. The van der Waals surface area contributed by atoms with E-state index in [0.717, 1.165) is 4.31 Å². The maximum atomic E-state index is 13.2. The fraction of sp³-hybridized carbons (Fsp3) is 0.263. The number of benzene rings is 2. The van der Waals surface area contributed by atoms with Crippen molar-refractivity contribution in [1.82, 2.24) is 4.31 Å². The Morgan fingerprint density at radius 3 is 1.96 bits per heavy atom. The third kappa shape index (κ3) is 4.72. The monoisotopic (exact) mass is 391 g/mol. The molecule has 8 heteroatoms. The molecule has 0 spiro atoms. The number of aromatic carboxylic acids is 1. The van der Waals surface area contributed by atoms with Crippen LogP contribution in [0.3, 0.4) is 0 Å². The Kier molecular flexibility index (Phi) is 6.35. The zero-order valence-corrected chi connectivity index (χ0v) is 15.8. The van der Waals surface area contributed by atoms with Crippen molar-refractivity contribution < 1.29 is 28.2 Å². The van der Waals surface area contributed by atoms with Crippen molar-refractivity contribution in [3.8, 4) is 0 Å². The molecule has 0 fully saturated rings. The van der Waals surface area contributed by atoms with E-state index in [0.29, 0.717) is 5.56 Å². The molecule has 2 aromatic carbocycles. The molecule has 7 nitrogen and oxygen atoms in total. The van der Waals surface area contributed by atoms with E-state index in [1.807, 2.05) is 0 Å². The first-order chi connectivity index (χ1) is 12.6. The van der Waals surface area contributed by atoms with Crippen molar-refractivity contribution in [2.24, 2.45) is 5.92 Å². The molecule has 2 rings (SSSR count). The van der Waals surface area contributed by atoms with Crippen LogP contribution in [0.25, 0.3) is 0 Å². The number of carboxylic acid groups (broad SMARTS) is 2. The summed E-state index contributed by atoms with van der Waals surface area (Å²) in [5, 5.41) is 18.6. The number of carbonyl (C=O) groups is 2. The average molecular weight is 391 g/mol. The van der Waals surface area contributed by atoms with E-state index in [-0.39, 0.29) is 17.0 Å². The molecule has 0 aromatic heterocycles. The van der Waals surface area contributed by atoms with Gasteiger partial charge in [0.1, 0.15) is 6.04 Å². The minimum Gasteiger partial charge on any atom is -0.480 e. The summed E-state index contributed by atoms with van der Waals surface area (Å²) >= 11 is 0. The van der Waals surface area contributed by atoms with Gasteiger partial charge < -0.3 is 10.2 Å². The molecular formula is C19H21NO6S. The molecule has 0 aliphatic rings. The van der Waals surface area contributed by atoms with Gasteiger partial charge >= 0.3 is 11.9 Å². The van der Waals surface area contributed by atoms with Crippen LogP contribution in [-0.2, 0) is 21.4 Å². The summed E-state index contributed by atoms with van der Waals surface area (Å²) in [6.07, 6.45) is 0. The predicted octanol–water partition coefficient (Wildman–Crippen LogP) is 2.68. The second-order valence-electron chi connectivity index (χ2n) is 6.39. The van der Waals surface area contributed by atoms with Gasteiger partial charge in [0.25, 0.3) is 0 Å². The Bertz CT molecular complexity index is 907. The maximum Gasteiger partial charge on any atom is 0.335 e. The smallest absolute Gasteiger partial charge is 0.335 e. The van der Waals surface area contributed by atoms with E-state index in [2.05, 4.69) is 0 Å². The maximum absolute atomic E-state index is 13.2. The lowest BCUT2D eigenvalue weighted by Crippen LogP contribution is -2.47. The first kappa shape index (κ1) is 20.6. The number of sulfonamides is 1. The highest BCUT2D eigenvalue weighted by molar-refractivity contribution is 7.89. The van der Waals surface area contributed by atoms with Crippen LogP contribution in [0.4, 0.5) is 0 Å². The van der Waals surface area contributed by atoms with E-state index >= 15 is 0 Å². The van der Waals surface area contributed by atoms with Crippen LogP contribution >= 0.6 is 0 Å². The Labute approximate surface area is 157 Å². The van der Waals surface area contributed by atoms with Crippen LogP contribution in [0.5, 0.6) is 0 Å². The van der Waals surface area contributed by atoms with Gasteiger partial charge in [0, 0.05) is 6.54 Å². The van der Waals surface area contributed by atoms with Gasteiger partial charge in [0.2, 0.25) is 10.0 Å². The molecule has 144 valence electrons. The van der Waals surface area contributed by atoms with Crippen LogP contribution < -0.4 is 0 Å². The van der Waals surface area contributed by atoms with E-state index in [1.54, 1.807) is 44.2 Å². The molecule has 1 atom stereocenters. The Hall–Kier alpha value is -2.71. The topological polar surface area (TPSA) is 112 Å². The van der Waals surface area contributed by atoms with E-state index < -0.39 is 33.9 Å². The SMILES string of the molecule is CC(C)[C@@H](C(=O)O)N(Cc1ccccc1)S(=O)(=O)c1ccc(C(=O)O)cc1. The van der Waals surface area contributed by atoms with Gasteiger partial charge in [-0.2, -0.15) is 4.31 Å². The summed E-state index contributed by atoms with van der Waals surface area (Å²) in [6.45, 7) is 3.17. The number of hydrogen-bond acceptors (Lipinski definition) is 4. The molecule has 0 aliphatic heterocycles. The van der Waals surface area contributed by atoms with Gasteiger partial charge in [-0.05, 0) is 35.7 Å². The molecule has 0 saturated carbocycles. The number of carboxylic acids is 2. The second kappa shape index (κ2) is 8.32. The van der Waals surface area contributed by atoms with Crippen molar-refractivity contribution in [1.29, 1.82) is 0 Å². The first-order valence-electron chi connectivity index (χ1n) is 8.26. The Balaban J connectivity index is 2.52. The number of aliphatic carboxylic acids is 1. The van der Waals surface area contributed by atoms with Gasteiger partial charge in [-0.15, -0.1) is 0 Å². The lowest BCUT2D eigenvalue weighted by molar-refractivity contribution is -0.143. The van der Waals surface area contributed by atoms with Crippen LogP contribution in [-0.4, -0.2) is 40.9 Å². The molecule has 0 unspecified atom stereocenters. The lowest BCUT2D eigenvalue weighted by atomic mass is 10.0. The summed E-state index contributed by atoms with van der Waals surface area (Å²) in [5.74, 6) is -2.89. The summed E-state index contributed by atoms with van der Waals surface area (Å²) in [4.78, 5) is 22.6. The number of nitrogens with zero attached hydrogens (tertiary/aromatic N) is 1. The molecule has 0 aliphatic carbocycles. The third-order valence-electron chi connectivity index (χ3n) is 4.08. The van der Waals surface area contributed by atoms with Gasteiger partial charge in [-0.25, -0.2) is 13.2 Å². The predicted molar refractivity (Wildman–Crippen MR) is 98.8 cm³/mol. The minimum atomic E-state index is -4.17. The molecule has 0 radical (unpaired) electrons. The number of rotatable bonds is 8. The zero-order valence-electron chi connectivity index (χ0n) is 14.9. The van der Waals surface area contributed by atoms with Gasteiger partial charge in [0.05, 0.1) is 10.5 Å². The van der Waals surface area contributed by atoms with Gasteiger partial charge in [0.15, 0.2) is 0 Å². The highest BCUT2D eigenvalue weighted by Gasteiger charge is 2.38. The highest BCUT2D eigenvalue weighted by Crippen LogP contribution is 2.25. The normalized spacial score (nSPS) is 12.9. The highest BCUT2D eigenvalue weighted by atomic mass is 32.2. The summed E-state index contributed by atoms with van der Waals surface area (Å²) in [7, 11) is -4.17. The molecule has 27 heavy (non-hydrogen) atoms. The molecule has 0 bridgehead atoms. The molecular weight excluding hydrogens is 370 g/mol. The first-order valence-corrected chi connectivity index (χ1v) is 9.70. The van der Waals surface area contributed by atoms with Crippen LogP contribution in [0.15, 0.2) is 59.5 Å². The van der Waals surface area contributed by atoms with E-state index in [1.165, 1.54) is 24.3 Å². The molecule has 0 heterocycles. The molecule has 0 saturated heterocycles. The zero-order chi connectivity index (χ0) is 20.2. The average Bonchev–Trinajstić information content (AvgIpc) is 2.61. The van der Waals surface area contributed by atoms with Crippen LogP contribution in [0, 0.1) is 5.92 Å². The molecule has 2 N–H and O–H groups in total. The van der Waals surface area contributed by atoms with Crippen molar-refractivity contribution >= 4 is 22.0 Å². The fourth-order valence-corrected chi connectivity index (χ4v) is 4.44. The van der Waals surface area contributed by atoms with Gasteiger partial charge in [-0.1, -0.05) is 44.2 Å². The van der Waals surface area contributed by atoms with E-state index in [4.69, 9.17) is 5.11 Å².